The minimum atomic E-state index is -0.378. The fourth-order valence-electron chi connectivity index (χ4n) is 5.07. The summed E-state index contributed by atoms with van der Waals surface area (Å²) in [6.07, 6.45) is 0.618. The number of rotatable bonds is 4. The first-order valence-electron chi connectivity index (χ1n) is 10.7. The van der Waals surface area contributed by atoms with Crippen molar-refractivity contribution in [2.24, 2.45) is 0 Å². The Morgan fingerprint density at radius 3 is 2.13 bits per heavy atom. The van der Waals surface area contributed by atoms with Gasteiger partial charge in [-0.1, -0.05) is 78.9 Å². The molecule has 0 radical (unpaired) electrons. The summed E-state index contributed by atoms with van der Waals surface area (Å²) in [4.78, 5) is 19.0. The topological polar surface area (TPSA) is 45.3 Å². The lowest BCUT2D eigenvalue weighted by atomic mass is 9.87. The molecule has 0 aliphatic carbocycles. The van der Waals surface area contributed by atoms with E-state index in [9.17, 15) is 4.79 Å². The van der Waals surface area contributed by atoms with Crippen molar-refractivity contribution in [3.05, 3.63) is 107 Å². The van der Waals surface area contributed by atoms with Crippen molar-refractivity contribution in [1.29, 1.82) is 0 Å². The second-order valence-corrected chi connectivity index (χ2v) is 8.15. The Labute approximate surface area is 182 Å². The molecule has 2 heterocycles. The molecule has 1 aliphatic rings. The van der Waals surface area contributed by atoms with Crippen LogP contribution in [-0.2, 0) is 16.0 Å². The molecule has 0 unspecified atom stereocenters. The van der Waals surface area contributed by atoms with E-state index in [0.29, 0.717) is 6.42 Å². The molecule has 0 bridgehead atoms. The molecule has 1 aromatic heterocycles. The minimum Gasteiger partial charge on any atom is -0.468 e. The number of hydrogen-bond donors (Lipinski definition) is 1. The molecule has 31 heavy (non-hydrogen) atoms. The van der Waals surface area contributed by atoms with Crippen LogP contribution in [0, 0.1) is 0 Å². The number of esters is 1. The van der Waals surface area contributed by atoms with Crippen molar-refractivity contribution in [2.75, 3.05) is 7.11 Å². The molecule has 2 atom stereocenters. The molecule has 156 valence electrons. The van der Waals surface area contributed by atoms with Crippen molar-refractivity contribution in [1.82, 2.24) is 9.88 Å². The van der Waals surface area contributed by atoms with Crippen LogP contribution in [0.25, 0.3) is 10.9 Å². The molecule has 0 spiro atoms. The molecule has 4 nitrogen and oxygen atoms in total. The normalized spacial score (nSPS) is 18.8. The highest BCUT2D eigenvalue weighted by Gasteiger charge is 2.43. The molecular formula is C27H26N2O2. The number of para-hydroxylation sites is 1. The molecule has 0 saturated carbocycles. The van der Waals surface area contributed by atoms with E-state index in [1.807, 2.05) is 18.2 Å². The maximum atomic E-state index is 13.1. The summed E-state index contributed by atoms with van der Waals surface area (Å²) < 4.78 is 5.30. The van der Waals surface area contributed by atoms with Crippen LogP contribution in [0.5, 0.6) is 0 Å². The summed E-state index contributed by atoms with van der Waals surface area (Å²) in [5, 5.41) is 1.19. The van der Waals surface area contributed by atoms with Crippen molar-refractivity contribution in [3.63, 3.8) is 0 Å². The first-order valence-corrected chi connectivity index (χ1v) is 10.7. The zero-order valence-corrected chi connectivity index (χ0v) is 17.8. The van der Waals surface area contributed by atoms with Gasteiger partial charge in [-0.3, -0.25) is 9.69 Å². The summed E-state index contributed by atoms with van der Waals surface area (Å²) in [7, 11) is 1.48. The molecule has 3 aromatic carbocycles. The first kappa shape index (κ1) is 19.6. The van der Waals surface area contributed by atoms with E-state index >= 15 is 0 Å². The Hall–Kier alpha value is -3.37. The Bertz CT molecular complexity index is 1160. The number of H-pyrrole nitrogens is 1. The molecule has 0 fully saturated rings. The third-order valence-electron chi connectivity index (χ3n) is 6.47. The number of ether oxygens (including phenoxy) is 1. The predicted octanol–water partition coefficient (Wildman–Crippen LogP) is 5.42. The van der Waals surface area contributed by atoms with Crippen molar-refractivity contribution >= 4 is 16.9 Å². The van der Waals surface area contributed by atoms with E-state index in [1.54, 1.807) is 0 Å². The van der Waals surface area contributed by atoms with E-state index in [-0.39, 0.29) is 24.1 Å². The Kier molecular flexibility index (Phi) is 5.08. The molecule has 4 heteroatoms. The second-order valence-electron chi connectivity index (χ2n) is 8.15. The van der Waals surface area contributed by atoms with Gasteiger partial charge >= 0.3 is 5.97 Å². The zero-order chi connectivity index (χ0) is 21.4. The van der Waals surface area contributed by atoms with Gasteiger partial charge in [0.1, 0.15) is 6.04 Å². The number of methoxy groups -OCH3 is 1. The van der Waals surface area contributed by atoms with Crippen LogP contribution < -0.4 is 0 Å². The molecule has 0 saturated heterocycles. The van der Waals surface area contributed by atoms with Crippen molar-refractivity contribution < 1.29 is 9.53 Å². The Morgan fingerprint density at radius 2 is 1.52 bits per heavy atom. The monoisotopic (exact) mass is 410 g/mol. The van der Waals surface area contributed by atoms with Gasteiger partial charge in [0.15, 0.2) is 0 Å². The van der Waals surface area contributed by atoms with E-state index in [4.69, 9.17) is 4.74 Å². The fraction of sp³-hybridized carbons (Fsp3) is 0.222. The van der Waals surface area contributed by atoms with Gasteiger partial charge in [-0.05, 0) is 29.7 Å². The second kappa shape index (κ2) is 8.05. The van der Waals surface area contributed by atoms with Crippen LogP contribution in [0.15, 0.2) is 84.9 Å². The van der Waals surface area contributed by atoms with Crippen LogP contribution in [0.2, 0.25) is 0 Å². The smallest absolute Gasteiger partial charge is 0.323 e. The number of aromatic nitrogens is 1. The van der Waals surface area contributed by atoms with Crippen LogP contribution >= 0.6 is 0 Å². The number of aromatic amines is 1. The maximum absolute atomic E-state index is 13.1. The van der Waals surface area contributed by atoms with Gasteiger partial charge < -0.3 is 9.72 Å². The van der Waals surface area contributed by atoms with Gasteiger partial charge in [0.05, 0.1) is 13.2 Å². The minimum absolute atomic E-state index is 0.00524. The number of fused-ring (bicyclic) bond motifs is 3. The zero-order valence-electron chi connectivity index (χ0n) is 17.8. The number of hydrogen-bond acceptors (Lipinski definition) is 3. The van der Waals surface area contributed by atoms with Crippen LogP contribution in [0.1, 0.15) is 41.4 Å². The highest BCUT2D eigenvalue weighted by molar-refractivity contribution is 5.87. The van der Waals surface area contributed by atoms with E-state index < -0.39 is 0 Å². The molecule has 4 aromatic rings. The van der Waals surface area contributed by atoms with Gasteiger partial charge in [-0.2, -0.15) is 0 Å². The number of benzene rings is 3. The molecule has 5 rings (SSSR count). The van der Waals surface area contributed by atoms with E-state index in [1.165, 1.54) is 23.8 Å². The summed E-state index contributed by atoms with van der Waals surface area (Å²) >= 11 is 0. The van der Waals surface area contributed by atoms with Crippen LogP contribution in [0.3, 0.4) is 0 Å². The van der Waals surface area contributed by atoms with Gasteiger partial charge in [-0.15, -0.1) is 0 Å². The van der Waals surface area contributed by atoms with E-state index in [2.05, 4.69) is 83.5 Å². The van der Waals surface area contributed by atoms with Gasteiger partial charge in [-0.25, -0.2) is 0 Å². The lowest BCUT2D eigenvalue weighted by molar-refractivity contribution is -0.149. The average Bonchev–Trinajstić information content (AvgIpc) is 3.20. The highest BCUT2D eigenvalue weighted by atomic mass is 16.5. The van der Waals surface area contributed by atoms with Crippen LogP contribution in [-0.4, -0.2) is 29.0 Å². The lowest BCUT2D eigenvalue weighted by Crippen LogP contribution is -2.49. The summed E-state index contributed by atoms with van der Waals surface area (Å²) in [6.45, 7) is 2.18. The maximum Gasteiger partial charge on any atom is 0.323 e. The lowest BCUT2D eigenvalue weighted by Gasteiger charge is -2.44. The highest BCUT2D eigenvalue weighted by Crippen LogP contribution is 2.44. The molecular weight excluding hydrogens is 384 g/mol. The summed E-state index contributed by atoms with van der Waals surface area (Å²) in [6, 6.07) is 28.7. The summed E-state index contributed by atoms with van der Waals surface area (Å²) in [5.41, 5.74) is 5.83. The number of carbonyl (C=O) groups is 1. The largest absolute Gasteiger partial charge is 0.468 e. The van der Waals surface area contributed by atoms with Crippen molar-refractivity contribution in [2.45, 2.75) is 31.5 Å². The Morgan fingerprint density at radius 1 is 0.935 bits per heavy atom. The quantitative estimate of drug-likeness (QED) is 0.457. The molecule has 1 aliphatic heterocycles. The van der Waals surface area contributed by atoms with Gasteiger partial charge in [0, 0.05) is 29.1 Å². The molecule has 0 amide bonds. The van der Waals surface area contributed by atoms with Crippen molar-refractivity contribution in [3.8, 4) is 0 Å². The Balaban J connectivity index is 1.71. The van der Waals surface area contributed by atoms with Crippen LogP contribution in [0.4, 0.5) is 0 Å². The SMILES string of the molecule is COC(=O)[C@H]1Cc2c([nH]c3ccccc23)[C@H](C)N1C(c1ccccc1)c1ccccc1. The standard InChI is InChI=1S/C27H26N2O2/c1-18-25-22(21-15-9-10-16-23(21)28-25)17-24(27(30)31-2)29(18)26(19-11-5-3-6-12-19)20-13-7-4-8-14-20/h3-16,18,24,26,28H,17H2,1-2H3/t18-,24+/m0/s1. The number of nitrogens with one attached hydrogen (secondary N) is 1. The number of nitrogens with zero attached hydrogens (tertiary/aromatic N) is 1. The number of carbonyl (C=O) groups excluding carboxylic acids is 1. The van der Waals surface area contributed by atoms with Gasteiger partial charge in [0.25, 0.3) is 0 Å². The third-order valence-corrected chi connectivity index (χ3v) is 6.47. The van der Waals surface area contributed by atoms with E-state index in [0.717, 1.165) is 16.6 Å². The first-order chi connectivity index (χ1) is 15.2. The fourth-order valence-corrected chi connectivity index (χ4v) is 5.07. The van der Waals surface area contributed by atoms with Gasteiger partial charge in [0.2, 0.25) is 0 Å². The summed E-state index contributed by atoms with van der Waals surface area (Å²) in [5.74, 6) is -0.195. The molecule has 1 N–H and O–H groups in total. The third kappa shape index (κ3) is 3.33. The predicted molar refractivity (Wildman–Crippen MR) is 123 cm³/mol. The average molecular weight is 411 g/mol.